The molecule has 0 amide bonds. The molecule has 2 N–H and O–H groups in total. The molecule has 102 valence electrons. The fourth-order valence-electron chi connectivity index (χ4n) is 2.51. The first-order chi connectivity index (χ1) is 10.3. The van der Waals surface area contributed by atoms with Gasteiger partial charge in [0.1, 0.15) is 11.5 Å². The number of pyridine rings is 1. The molecule has 0 radical (unpaired) electrons. The quantitative estimate of drug-likeness (QED) is 0.586. The first kappa shape index (κ1) is 11.8. The maximum Gasteiger partial charge on any atom is 0.137 e. The Labute approximate surface area is 119 Å². The minimum absolute atomic E-state index is 0.257. The van der Waals surface area contributed by atoms with E-state index in [0.717, 1.165) is 33.5 Å². The fraction of sp³-hybridized carbons (Fsp3) is 0. The maximum atomic E-state index is 13.1. The van der Waals surface area contributed by atoms with Crippen LogP contribution in [0.1, 0.15) is 0 Å². The van der Waals surface area contributed by atoms with E-state index in [9.17, 15) is 4.39 Å². The molecule has 0 aliphatic rings. The molecule has 0 atom stereocenters. The SMILES string of the molecule is Fc1ccc(-c2nc[nH]c2-c2ccnc3[nH]ccc23)cc1. The third kappa shape index (κ3) is 1.90. The summed E-state index contributed by atoms with van der Waals surface area (Å²) < 4.78 is 13.1. The molecule has 0 saturated heterocycles. The summed E-state index contributed by atoms with van der Waals surface area (Å²) in [7, 11) is 0. The molecule has 0 aliphatic carbocycles. The van der Waals surface area contributed by atoms with Gasteiger partial charge >= 0.3 is 0 Å². The van der Waals surface area contributed by atoms with Gasteiger partial charge in [-0.05, 0) is 36.4 Å². The Hall–Kier alpha value is -2.95. The van der Waals surface area contributed by atoms with Gasteiger partial charge in [-0.3, -0.25) is 0 Å². The van der Waals surface area contributed by atoms with Gasteiger partial charge in [0, 0.05) is 28.9 Å². The van der Waals surface area contributed by atoms with Crippen LogP contribution in [0.5, 0.6) is 0 Å². The summed E-state index contributed by atoms with van der Waals surface area (Å²) in [6.45, 7) is 0. The smallest absolute Gasteiger partial charge is 0.137 e. The van der Waals surface area contributed by atoms with E-state index in [1.165, 1.54) is 12.1 Å². The molecule has 0 spiro atoms. The molecule has 3 heterocycles. The van der Waals surface area contributed by atoms with E-state index >= 15 is 0 Å². The van der Waals surface area contributed by atoms with Crippen molar-refractivity contribution in [3.8, 4) is 22.5 Å². The van der Waals surface area contributed by atoms with E-state index in [2.05, 4.69) is 19.9 Å². The second-order valence-corrected chi connectivity index (χ2v) is 4.73. The van der Waals surface area contributed by atoms with E-state index in [-0.39, 0.29) is 5.82 Å². The molecule has 0 fully saturated rings. The Morgan fingerprint density at radius 1 is 0.905 bits per heavy atom. The van der Waals surface area contributed by atoms with E-state index in [0.29, 0.717) is 0 Å². The maximum absolute atomic E-state index is 13.1. The molecule has 0 saturated carbocycles. The summed E-state index contributed by atoms with van der Waals surface area (Å²) in [5, 5.41) is 1.02. The highest BCUT2D eigenvalue weighted by atomic mass is 19.1. The zero-order valence-electron chi connectivity index (χ0n) is 11.0. The molecule has 4 aromatic rings. The van der Waals surface area contributed by atoms with Gasteiger partial charge in [0.05, 0.1) is 17.7 Å². The van der Waals surface area contributed by atoms with Crippen molar-refractivity contribution in [2.45, 2.75) is 0 Å². The van der Waals surface area contributed by atoms with Crippen LogP contribution >= 0.6 is 0 Å². The largest absolute Gasteiger partial charge is 0.346 e. The van der Waals surface area contributed by atoms with Crippen LogP contribution in [-0.2, 0) is 0 Å². The monoisotopic (exact) mass is 278 g/mol. The van der Waals surface area contributed by atoms with Crippen LogP contribution in [0.15, 0.2) is 55.1 Å². The highest BCUT2D eigenvalue weighted by molar-refractivity contribution is 5.95. The number of benzene rings is 1. The fourth-order valence-corrected chi connectivity index (χ4v) is 2.51. The van der Waals surface area contributed by atoms with Crippen molar-refractivity contribution < 1.29 is 4.39 Å². The number of nitrogens with one attached hydrogen (secondary N) is 2. The lowest BCUT2D eigenvalue weighted by molar-refractivity contribution is 0.628. The normalized spacial score (nSPS) is 11.1. The molecule has 4 nitrogen and oxygen atoms in total. The Kier molecular flexibility index (Phi) is 2.57. The van der Waals surface area contributed by atoms with E-state index in [1.807, 2.05) is 18.3 Å². The average Bonchev–Trinajstić information content (AvgIpc) is 3.16. The molecular weight excluding hydrogens is 267 g/mol. The number of fused-ring (bicyclic) bond motifs is 1. The van der Waals surface area contributed by atoms with Crippen LogP contribution in [0.2, 0.25) is 0 Å². The van der Waals surface area contributed by atoms with E-state index < -0.39 is 0 Å². The topological polar surface area (TPSA) is 57.4 Å². The minimum Gasteiger partial charge on any atom is -0.346 e. The summed E-state index contributed by atoms with van der Waals surface area (Å²) in [4.78, 5) is 14.9. The Balaban J connectivity index is 1.93. The lowest BCUT2D eigenvalue weighted by atomic mass is 10.0. The van der Waals surface area contributed by atoms with Crippen LogP contribution in [-0.4, -0.2) is 19.9 Å². The van der Waals surface area contributed by atoms with Crippen molar-refractivity contribution in [1.82, 2.24) is 19.9 Å². The van der Waals surface area contributed by atoms with Crippen molar-refractivity contribution in [3.05, 3.63) is 60.9 Å². The number of hydrogen-bond acceptors (Lipinski definition) is 2. The third-order valence-electron chi connectivity index (χ3n) is 3.49. The summed E-state index contributed by atoms with van der Waals surface area (Å²) in [5.41, 5.74) is 4.40. The van der Waals surface area contributed by atoms with Crippen LogP contribution in [0.3, 0.4) is 0 Å². The number of aromatic amines is 2. The predicted octanol–water partition coefficient (Wildman–Crippen LogP) is 3.76. The summed E-state index contributed by atoms with van der Waals surface area (Å²) in [5.74, 6) is -0.257. The van der Waals surface area contributed by atoms with Crippen molar-refractivity contribution in [2.24, 2.45) is 0 Å². The van der Waals surface area contributed by atoms with Gasteiger partial charge < -0.3 is 9.97 Å². The zero-order chi connectivity index (χ0) is 14.2. The Bertz CT molecular complexity index is 905. The molecule has 21 heavy (non-hydrogen) atoms. The van der Waals surface area contributed by atoms with Crippen LogP contribution < -0.4 is 0 Å². The van der Waals surface area contributed by atoms with E-state index in [1.54, 1.807) is 24.7 Å². The number of imidazole rings is 1. The van der Waals surface area contributed by atoms with Gasteiger partial charge in [-0.15, -0.1) is 0 Å². The molecule has 1 aromatic carbocycles. The highest BCUT2D eigenvalue weighted by Gasteiger charge is 2.13. The first-order valence-electron chi connectivity index (χ1n) is 6.55. The van der Waals surface area contributed by atoms with Crippen molar-refractivity contribution in [2.75, 3.05) is 0 Å². The van der Waals surface area contributed by atoms with Crippen molar-refractivity contribution in [1.29, 1.82) is 0 Å². The number of halogens is 1. The molecule has 0 bridgehead atoms. The van der Waals surface area contributed by atoms with E-state index in [4.69, 9.17) is 0 Å². The molecule has 5 heteroatoms. The van der Waals surface area contributed by atoms with Crippen LogP contribution in [0, 0.1) is 5.82 Å². The highest BCUT2D eigenvalue weighted by Crippen LogP contribution is 2.32. The lowest BCUT2D eigenvalue weighted by Crippen LogP contribution is -1.86. The summed E-state index contributed by atoms with van der Waals surface area (Å²) in [6, 6.07) is 10.2. The zero-order valence-corrected chi connectivity index (χ0v) is 11.0. The number of hydrogen-bond donors (Lipinski definition) is 2. The van der Waals surface area contributed by atoms with Crippen LogP contribution in [0.25, 0.3) is 33.5 Å². The molecule has 4 rings (SSSR count). The molecule has 0 aliphatic heterocycles. The van der Waals surface area contributed by atoms with Gasteiger partial charge in [0.15, 0.2) is 0 Å². The van der Waals surface area contributed by atoms with Crippen molar-refractivity contribution >= 4 is 11.0 Å². The lowest BCUT2D eigenvalue weighted by Gasteiger charge is -2.04. The second-order valence-electron chi connectivity index (χ2n) is 4.73. The first-order valence-corrected chi connectivity index (χ1v) is 6.55. The van der Waals surface area contributed by atoms with Gasteiger partial charge in [-0.25, -0.2) is 14.4 Å². The number of nitrogens with zero attached hydrogens (tertiary/aromatic N) is 2. The average molecular weight is 278 g/mol. The Morgan fingerprint density at radius 2 is 1.76 bits per heavy atom. The van der Waals surface area contributed by atoms with Gasteiger partial charge in [0.2, 0.25) is 0 Å². The molecule has 0 unspecified atom stereocenters. The van der Waals surface area contributed by atoms with Crippen LogP contribution in [0.4, 0.5) is 4.39 Å². The van der Waals surface area contributed by atoms with Crippen molar-refractivity contribution in [3.63, 3.8) is 0 Å². The minimum atomic E-state index is -0.257. The predicted molar refractivity (Wildman–Crippen MR) is 79.1 cm³/mol. The van der Waals surface area contributed by atoms with Gasteiger partial charge in [-0.1, -0.05) is 0 Å². The Morgan fingerprint density at radius 3 is 2.62 bits per heavy atom. The number of aromatic nitrogens is 4. The number of H-pyrrole nitrogens is 2. The summed E-state index contributed by atoms with van der Waals surface area (Å²) in [6.07, 6.45) is 5.26. The number of rotatable bonds is 2. The standard InChI is InChI=1S/C16H11FN4/c17-11-3-1-10(2-4-11)14-15(21-9-20-14)12-5-7-18-16-13(12)6-8-19-16/h1-9H,(H,18,19)(H,20,21). The van der Waals surface area contributed by atoms with Gasteiger partial charge in [-0.2, -0.15) is 0 Å². The molecule has 3 aromatic heterocycles. The summed E-state index contributed by atoms with van der Waals surface area (Å²) >= 11 is 0. The third-order valence-corrected chi connectivity index (χ3v) is 3.49. The van der Waals surface area contributed by atoms with Gasteiger partial charge in [0.25, 0.3) is 0 Å². The second kappa shape index (κ2) is 4.56. The molecular formula is C16H11FN4.